The van der Waals surface area contributed by atoms with E-state index in [0.717, 1.165) is 18.5 Å². The maximum Gasteiger partial charge on any atom is 0.253 e. The molecule has 1 N–H and O–H groups in total. The first-order chi connectivity index (χ1) is 10.6. The van der Waals surface area contributed by atoms with Crippen molar-refractivity contribution in [1.82, 2.24) is 19.9 Å². The molecule has 3 rings (SSSR count). The van der Waals surface area contributed by atoms with Gasteiger partial charge in [-0.2, -0.15) is 0 Å². The third kappa shape index (κ3) is 3.05. The summed E-state index contributed by atoms with van der Waals surface area (Å²) in [5.41, 5.74) is 1.38. The number of likely N-dealkylation sites (tertiary alicyclic amines) is 1. The Hall–Kier alpha value is -2.50. The Morgan fingerprint density at radius 1 is 1.27 bits per heavy atom. The van der Waals surface area contributed by atoms with E-state index in [0.29, 0.717) is 24.5 Å². The molecule has 1 aliphatic heterocycles. The van der Waals surface area contributed by atoms with E-state index in [1.165, 1.54) is 0 Å². The number of amides is 1. The standard InChI is InChI=1S/C16H18N4O2/c1-11-18-14(10-15(21)19-11)12-4-8-20(9-5-12)16(22)13-2-6-17-7-3-13/h2-3,6-7,10,12H,4-5,8-9H2,1H3,(H,18,19,21). The van der Waals surface area contributed by atoms with Crippen LogP contribution in [0.5, 0.6) is 0 Å². The van der Waals surface area contributed by atoms with Gasteiger partial charge >= 0.3 is 0 Å². The topological polar surface area (TPSA) is 79.0 Å². The summed E-state index contributed by atoms with van der Waals surface area (Å²) in [6.45, 7) is 3.14. The summed E-state index contributed by atoms with van der Waals surface area (Å²) >= 11 is 0. The Bertz CT molecular complexity index is 718. The van der Waals surface area contributed by atoms with E-state index < -0.39 is 0 Å². The second-order valence-electron chi connectivity index (χ2n) is 5.56. The third-order valence-corrected chi connectivity index (χ3v) is 4.01. The van der Waals surface area contributed by atoms with Crippen molar-refractivity contribution in [2.45, 2.75) is 25.7 Å². The Balaban J connectivity index is 1.67. The minimum absolute atomic E-state index is 0.0379. The molecule has 1 amide bonds. The Morgan fingerprint density at radius 3 is 2.59 bits per heavy atom. The zero-order valence-electron chi connectivity index (χ0n) is 12.5. The average molecular weight is 298 g/mol. The molecular weight excluding hydrogens is 280 g/mol. The molecule has 2 aromatic heterocycles. The van der Waals surface area contributed by atoms with E-state index in [1.54, 1.807) is 37.5 Å². The van der Waals surface area contributed by atoms with Crippen molar-refractivity contribution in [3.05, 3.63) is 58.0 Å². The largest absolute Gasteiger partial charge is 0.339 e. The maximum absolute atomic E-state index is 12.4. The predicted octanol–water partition coefficient (Wildman–Crippen LogP) is 1.49. The molecule has 3 heterocycles. The number of hydrogen-bond donors (Lipinski definition) is 1. The van der Waals surface area contributed by atoms with Crippen molar-refractivity contribution >= 4 is 5.91 Å². The van der Waals surface area contributed by atoms with Crippen molar-refractivity contribution < 1.29 is 4.79 Å². The number of nitrogens with one attached hydrogen (secondary N) is 1. The molecule has 0 spiro atoms. The summed E-state index contributed by atoms with van der Waals surface area (Å²) in [6, 6.07) is 5.03. The number of carbonyl (C=O) groups is 1. The average Bonchev–Trinajstić information content (AvgIpc) is 2.54. The van der Waals surface area contributed by atoms with E-state index in [9.17, 15) is 9.59 Å². The van der Waals surface area contributed by atoms with Gasteiger partial charge in [-0.3, -0.25) is 14.6 Å². The number of rotatable bonds is 2. The van der Waals surface area contributed by atoms with Gasteiger partial charge in [0.15, 0.2) is 0 Å². The second kappa shape index (κ2) is 6.09. The molecule has 0 aromatic carbocycles. The number of hydrogen-bond acceptors (Lipinski definition) is 4. The van der Waals surface area contributed by atoms with E-state index in [2.05, 4.69) is 15.0 Å². The first kappa shape index (κ1) is 14.4. The predicted molar refractivity (Wildman–Crippen MR) is 81.7 cm³/mol. The minimum atomic E-state index is -0.113. The van der Waals surface area contributed by atoms with Gasteiger partial charge in [0.1, 0.15) is 5.82 Å². The molecule has 2 aromatic rings. The van der Waals surface area contributed by atoms with Crippen LogP contribution >= 0.6 is 0 Å². The molecule has 1 aliphatic rings. The van der Waals surface area contributed by atoms with Gasteiger partial charge in [0, 0.05) is 43.0 Å². The minimum Gasteiger partial charge on any atom is -0.339 e. The van der Waals surface area contributed by atoms with Crippen LogP contribution in [0.15, 0.2) is 35.4 Å². The molecule has 0 radical (unpaired) electrons. The number of piperidine rings is 1. The highest BCUT2D eigenvalue weighted by atomic mass is 16.2. The third-order valence-electron chi connectivity index (χ3n) is 4.01. The molecule has 6 heteroatoms. The van der Waals surface area contributed by atoms with Crippen LogP contribution < -0.4 is 5.56 Å². The first-order valence-corrected chi connectivity index (χ1v) is 7.40. The van der Waals surface area contributed by atoms with Crippen LogP contribution in [-0.4, -0.2) is 38.8 Å². The lowest BCUT2D eigenvalue weighted by Crippen LogP contribution is -2.38. The second-order valence-corrected chi connectivity index (χ2v) is 5.56. The van der Waals surface area contributed by atoms with Crippen LogP contribution in [0.3, 0.4) is 0 Å². The van der Waals surface area contributed by atoms with Gasteiger partial charge < -0.3 is 9.88 Å². The van der Waals surface area contributed by atoms with Crippen molar-refractivity contribution in [2.24, 2.45) is 0 Å². The van der Waals surface area contributed by atoms with E-state index in [1.807, 2.05) is 4.90 Å². The summed E-state index contributed by atoms with van der Waals surface area (Å²) in [4.78, 5) is 36.8. The quantitative estimate of drug-likeness (QED) is 0.911. The van der Waals surface area contributed by atoms with Gasteiger partial charge in [-0.15, -0.1) is 0 Å². The van der Waals surface area contributed by atoms with Crippen LogP contribution in [0.2, 0.25) is 0 Å². The lowest BCUT2D eigenvalue weighted by Gasteiger charge is -2.31. The summed E-state index contributed by atoms with van der Waals surface area (Å²) < 4.78 is 0. The molecule has 1 fully saturated rings. The molecule has 0 unspecified atom stereocenters. The highest BCUT2D eigenvalue weighted by molar-refractivity contribution is 5.94. The van der Waals surface area contributed by atoms with Gasteiger partial charge in [-0.05, 0) is 31.9 Å². The first-order valence-electron chi connectivity index (χ1n) is 7.40. The zero-order chi connectivity index (χ0) is 15.5. The number of aryl methyl sites for hydroxylation is 1. The fourth-order valence-corrected chi connectivity index (χ4v) is 2.87. The number of aromatic nitrogens is 3. The normalized spacial score (nSPS) is 15.8. The number of nitrogens with zero attached hydrogens (tertiary/aromatic N) is 3. The molecule has 0 aliphatic carbocycles. The van der Waals surface area contributed by atoms with Gasteiger partial charge in [0.25, 0.3) is 11.5 Å². The van der Waals surface area contributed by atoms with Gasteiger partial charge in [-0.25, -0.2) is 4.98 Å². The number of carbonyl (C=O) groups excluding carboxylic acids is 1. The lowest BCUT2D eigenvalue weighted by molar-refractivity contribution is 0.0712. The fourth-order valence-electron chi connectivity index (χ4n) is 2.87. The van der Waals surface area contributed by atoms with Crippen LogP contribution in [-0.2, 0) is 0 Å². The monoisotopic (exact) mass is 298 g/mol. The molecule has 0 saturated carbocycles. The number of pyridine rings is 1. The van der Waals surface area contributed by atoms with E-state index in [-0.39, 0.29) is 17.4 Å². The summed E-state index contributed by atoms with van der Waals surface area (Å²) in [5, 5.41) is 0. The molecule has 6 nitrogen and oxygen atoms in total. The Kier molecular flexibility index (Phi) is 4.00. The lowest BCUT2D eigenvalue weighted by atomic mass is 9.93. The van der Waals surface area contributed by atoms with Gasteiger partial charge in [0.05, 0.1) is 5.69 Å². The van der Waals surface area contributed by atoms with Crippen LogP contribution in [0.4, 0.5) is 0 Å². The highest BCUT2D eigenvalue weighted by Gasteiger charge is 2.25. The SMILES string of the molecule is Cc1nc(C2CCN(C(=O)c3ccncc3)CC2)cc(=O)[nH]1. The van der Waals surface area contributed by atoms with Crippen molar-refractivity contribution in [3.8, 4) is 0 Å². The molecule has 0 bridgehead atoms. The Labute approximate surface area is 128 Å². The van der Waals surface area contributed by atoms with E-state index in [4.69, 9.17) is 0 Å². The van der Waals surface area contributed by atoms with Crippen molar-refractivity contribution in [1.29, 1.82) is 0 Å². The van der Waals surface area contributed by atoms with Crippen molar-refractivity contribution in [2.75, 3.05) is 13.1 Å². The summed E-state index contributed by atoms with van der Waals surface area (Å²) in [5.74, 6) is 0.913. The Morgan fingerprint density at radius 2 is 1.95 bits per heavy atom. The van der Waals surface area contributed by atoms with Crippen LogP contribution in [0.25, 0.3) is 0 Å². The zero-order valence-corrected chi connectivity index (χ0v) is 12.5. The molecule has 0 atom stereocenters. The number of H-pyrrole nitrogens is 1. The molecule has 1 saturated heterocycles. The maximum atomic E-state index is 12.4. The van der Waals surface area contributed by atoms with Crippen LogP contribution in [0.1, 0.15) is 40.6 Å². The summed E-state index contributed by atoms with van der Waals surface area (Å²) in [6.07, 6.45) is 4.91. The molecular formula is C16H18N4O2. The van der Waals surface area contributed by atoms with Gasteiger partial charge in [0.2, 0.25) is 0 Å². The smallest absolute Gasteiger partial charge is 0.253 e. The van der Waals surface area contributed by atoms with Gasteiger partial charge in [-0.1, -0.05) is 0 Å². The highest BCUT2D eigenvalue weighted by Crippen LogP contribution is 2.26. The van der Waals surface area contributed by atoms with Crippen LogP contribution in [0, 0.1) is 6.92 Å². The fraction of sp³-hybridized carbons (Fsp3) is 0.375. The van der Waals surface area contributed by atoms with E-state index >= 15 is 0 Å². The van der Waals surface area contributed by atoms with Crippen molar-refractivity contribution in [3.63, 3.8) is 0 Å². The molecule has 22 heavy (non-hydrogen) atoms. The number of aromatic amines is 1. The molecule has 114 valence electrons. The summed E-state index contributed by atoms with van der Waals surface area (Å²) in [7, 11) is 0.